The molecule has 2 aromatic carbocycles. The molecule has 0 bridgehead atoms. The molecule has 174 valence electrons. The van der Waals surface area contributed by atoms with Gasteiger partial charge in [0, 0.05) is 47.6 Å². The highest BCUT2D eigenvalue weighted by molar-refractivity contribution is 7.17. The minimum absolute atomic E-state index is 0.112. The van der Waals surface area contributed by atoms with E-state index in [0.717, 1.165) is 0 Å². The van der Waals surface area contributed by atoms with Crippen LogP contribution in [0, 0.1) is 17.6 Å². The van der Waals surface area contributed by atoms with Crippen molar-refractivity contribution in [1.29, 1.82) is 0 Å². The number of carbonyl (C=O) groups is 1. The van der Waals surface area contributed by atoms with Gasteiger partial charge in [-0.25, -0.2) is 13.8 Å². The van der Waals surface area contributed by atoms with Gasteiger partial charge in [0.1, 0.15) is 16.3 Å². The number of hydrogen-bond acceptors (Lipinski definition) is 5. The van der Waals surface area contributed by atoms with Crippen LogP contribution in [0.25, 0.3) is 21.3 Å². The molecule has 4 aromatic rings. The van der Waals surface area contributed by atoms with E-state index in [0.29, 0.717) is 58.8 Å². The van der Waals surface area contributed by atoms with Crippen molar-refractivity contribution in [3.05, 3.63) is 81.5 Å². The Morgan fingerprint density at radius 1 is 1.06 bits per heavy atom. The summed E-state index contributed by atoms with van der Waals surface area (Å²) < 4.78 is 28.6. The Hall–Kier alpha value is -3.59. The molecule has 0 saturated carbocycles. The number of nitrogens with zero attached hydrogens (tertiary/aromatic N) is 2. The Balaban J connectivity index is 1.30. The second-order valence-electron chi connectivity index (χ2n) is 8.27. The van der Waals surface area contributed by atoms with Crippen LogP contribution in [0.2, 0.25) is 0 Å². The molecule has 1 saturated heterocycles. The zero-order chi connectivity index (χ0) is 23.7. The van der Waals surface area contributed by atoms with E-state index >= 15 is 0 Å². The molecule has 1 aliphatic heterocycles. The quantitative estimate of drug-likeness (QED) is 0.442. The number of amides is 1. The molecule has 1 amide bonds. The monoisotopic (exact) mass is 480 g/mol. The Labute approximate surface area is 198 Å². The average molecular weight is 481 g/mol. The van der Waals surface area contributed by atoms with Crippen LogP contribution in [-0.4, -0.2) is 29.0 Å². The smallest absolute Gasteiger partial charge is 0.270 e. The highest BCUT2D eigenvalue weighted by atomic mass is 32.1. The molecule has 5 rings (SSSR count). The van der Waals surface area contributed by atoms with Gasteiger partial charge in [-0.3, -0.25) is 14.6 Å². The minimum Gasteiger partial charge on any atom is -0.352 e. The Kier molecular flexibility index (Phi) is 6.10. The topological polar surface area (TPSA) is 78.1 Å². The summed E-state index contributed by atoms with van der Waals surface area (Å²) in [7, 11) is 0. The molecule has 0 radical (unpaired) electrons. The van der Waals surface area contributed by atoms with Gasteiger partial charge >= 0.3 is 0 Å². The number of H-pyrrole nitrogens is 1. The van der Waals surface area contributed by atoms with Gasteiger partial charge in [0.2, 0.25) is 11.9 Å². The predicted molar refractivity (Wildman–Crippen MR) is 129 cm³/mol. The van der Waals surface area contributed by atoms with Gasteiger partial charge < -0.3 is 10.2 Å². The first kappa shape index (κ1) is 22.2. The molecule has 2 aromatic heterocycles. The zero-order valence-electron chi connectivity index (χ0n) is 18.2. The summed E-state index contributed by atoms with van der Waals surface area (Å²) in [5.74, 6) is -0.606. The minimum atomic E-state index is -0.368. The fourth-order valence-corrected chi connectivity index (χ4v) is 5.16. The van der Waals surface area contributed by atoms with Crippen molar-refractivity contribution >= 4 is 33.4 Å². The number of benzene rings is 2. The van der Waals surface area contributed by atoms with Gasteiger partial charge in [-0.15, -0.1) is 11.3 Å². The summed E-state index contributed by atoms with van der Waals surface area (Å²) in [5, 5.41) is 4.57. The lowest BCUT2D eigenvalue weighted by molar-refractivity contribution is -0.125. The number of carbonyl (C=O) groups excluding carboxylic acids is 1. The van der Waals surface area contributed by atoms with E-state index in [4.69, 9.17) is 0 Å². The number of halogens is 2. The summed E-state index contributed by atoms with van der Waals surface area (Å²) in [6.45, 7) is 1.21. The highest BCUT2D eigenvalue weighted by Crippen LogP contribution is 2.33. The molecule has 0 aliphatic carbocycles. The average Bonchev–Trinajstić information content (AvgIpc) is 3.28. The van der Waals surface area contributed by atoms with Gasteiger partial charge in [0.15, 0.2) is 0 Å². The predicted octanol–water partition coefficient (Wildman–Crippen LogP) is 4.46. The van der Waals surface area contributed by atoms with Gasteiger partial charge in [0.05, 0.1) is 5.52 Å². The summed E-state index contributed by atoms with van der Waals surface area (Å²) in [5.41, 5.74) is 1.65. The third-order valence-electron chi connectivity index (χ3n) is 6.15. The largest absolute Gasteiger partial charge is 0.352 e. The fourth-order valence-electron chi connectivity index (χ4n) is 4.26. The normalized spacial score (nSPS) is 14.5. The van der Waals surface area contributed by atoms with E-state index in [1.54, 1.807) is 41.8 Å². The lowest BCUT2D eigenvalue weighted by Gasteiger charge is -2.31. The van der Waals surface area contributed by atoms with Crippen molar-refractivity contribution in [3.63, 3.8) is 0 Å². The number of nitrogens with one attached hydrogen (secondary N) is 2. The van der Waals surface area contributed by atoms with Crippen molar-refractivity contribution in [3.8, 4) is 11.1 Å². The van der Waals surface area contributed by atoms with Crippen LogP contribution >= 0.6 is 11.3 Å². The van der Waals surface area contributed by atoms with Crippen LogP contribution in [0.1, 0.15) is 18.4 Å². The Morgan fingerprint density at radius 2 is 1.76 bits per heavy atom. The number of anilines is 1. The van der Waals surface area contributed by atoms with E-state index in [1.165, 1.54) is 23.5 Å². The molecule has 1 fully saturated rings. The molecule has 0 unspecified atom stereocenters. The fraction of sp³-hybridized carbons (Fsp3) is 0.240. The zero-order valence-corrected chi connectivity index (χ0v) is 19.0. The van der Waals surface area contributed by atoms with Crippen LogP contribution in [0.4, 0.5) is 14.7 Å². The van der Waals surface area contributed by atoms with Crippen molar-refractivity contribution in [1.82, 2.24) is 15.3 Å². The summed E-state index contributed by atoms with van der Waals surface area (Å²) >= 11 is 1.24. The second kappa shape index (κ2) is 9.34. The van der Waals surface area contributed by atoms with E-state index in [1.807, 2.05) is 4.90 Å². The standard InChI is InChI=1S/C25H22F2N4O2S/c26-19-7-3-1-5-16(19)13-28-23(32)15-9-11-31(12-10-15)25-29-21-18(14-34-22(21)24(33)30-25)17-6-2-4-8-20(17)27/h1-8,14-15H,9-13H2,(H,28,32)(H,29,30,33). The number of piperidine rings is 1. The highest BCUT2D eigenvalue weighted by Gasteiger charge is 2.27. The van der Waals surface area contributed by atoms with Crippen LogP contribution in [-0.2, 0) is 11.3 Å². The lowest BCUT2D eigenvalue weighted by Crippen LogP contribution is -2.41. The molecule has 0 spiro atoms. The van der Waals surface area contributed by atoms with Crippen LogP contribution in [0.3, 0.4) is 0 Å². The summed E-state index contributed by atoms with van der Waals surface area (Å²) in [6.07, 6.45) is 1.16. The molecule has 9 heteroatoms. The number of aromatic amines is 1. The molecular weight excluding hydrogens is 458 g/mol. The maximum atomic E-state index is 14.4. The second-order valence-corrected chi connectivity index (χ2v) is 9.15. The van der Waals surface area contributed by atoms with Gasteiger partial charge in [0.25, 0.3) is 5.56 Å². The number of rotatable bonds is 5. The maximum absolute atomic E-state index is 14.4. The Bertz CT molecular complexity index is 1410. The van der Waals surface area contributed by atoms with Crippen molar-refractivity contribution in [2.24, 2.45) is 5.92 Å². The lowest BCUT2D eigenvalue weighted by atomic mass is 9.96. The molecule has 0 atom stereocenters. The van der Waals surface area contributed by atoms with Crippen LogP contribution < -0.4 is 15.8 Å². The first-order valence-corrected chi connectivity index (χ1v) is 11.9. The third kappa shape index (κ3) is 4.31. The van der Waals surface area contributed by atoms with Gasteiger partial charge in [-0.1, -0.05) is 36.4 Å². The van der Waals surface area contributed by atoms with Gasteiger partial charge in [-0.05, 0) is 25.0 Å². The molecule has 3 heterocycles. The van der Waals surface area contributed by atoms with Gasteiger partial charge in [-0.2, -0.15) is 0 Å². The van der Waals surface area contributed by atoms with Crippen LogP contribution in [0.15, 0.2) is 58.7 Å². The first-order valence-electron chi connectivity index (χ1n) is 11.0. The Morgan fingerprint density at radius 3 is 2.50 bits per heavy atom. The number of fused-ring (bicyclic) bond motifs is 1. The summed E-state index contributed by atoms with van der Waals surface area (Å²) in [6, 6.07) is 12.8. The SMILES string of the molecule is O=C(NCc1ccccc1F)C1CCN(c2nc3c(-c4ccccc4F)csc3c(=O)[nH]2)CC1. The molecule has 34 heavy (non-hydrogen) atoms. The first-order chi connectivity index (χ1) is 16.5. The number of thiophene rings is 1. The van der Waals surface area contributed by atoms with E-state index in [-0.39, 0.29) is 35.6 Å². The van der Waals surface area contributed by atoms with E-state index in [9.17, 15) is 18.4 Å². The molecule has 2 N–H and O–H groups in total. The van der Waals surface area contributed by atoms with Crippen molar-refractivity contribution in [2.75, 3.05) is 18.0 Å². The summed E-state index contributed by atoms with van der Waals surface area (Å²) in [4.78, 5) is 34.7. The van der Waals surface area contributed by atoms with Crippen LogP contribution in [0.5, 0.6) is 0 Å². The molecule has 1 aliphatic rings. The van der Waals surface area contributed by atoms with Crippen molar-refractivity contribution in [2.45, 2.75) is 19.4 Å². The number of hydrogen-bond donors (Lipinski definition) is 2. The third-order valence-corrected chi connectivity index (χ3v) is 7.12. The molecular formula is C25H22F2N4O2S. The number of aromatic nitrogens is 2. The maximum Gasteiger partial charge on any atom is 0.270 e. The van der Waals surface area contributed by atoms with E-state index in [2.05, 4.69) is 15.3 Å². The van der Waals surface area contributed by atoms with Crippen molar-refractivity contribution < 1.29 is 13.6 Å². The molecule has 6 nitrogen and oxygen atoms in total. The van der Waals surface area contributed by atoms with E-state index < -0.39 is 0 Å².